The zero-order valence-electron chi connectivity index (χ0n) is 21.7. The molecule has 5 rings (SSSR count). The van der Waals surface area contributed by atoms with Crippen LogP contribution in [-0.4, -0.2) is 48.0 Å². The molecule has 1 saturated heterocycles. The average molecular weight is 564 g/mol. The van der Waals surface area contributed by atoms with Gasteiger partial charge in [0.15, 0.2) is 0 Å². The van der Waals surface area contributed by atoms with Gasteiger partial charge in [0, 0.05) is 30.4 Å². The van der Waals surface area contributed by atoms with E-state index in [0.717, 1.165) is 11.4 Å². The molecule has 0 atom stereocenters. The van der Waals surface area contributed by atoms with Crippen molar-refractivity contribution in [3.8, 4) is 0 Å². The number of morpholine rings is 1. The molecular formula is C29H27ClFN5O4. The summed E-state index contributed by atoms with van der Waals surface area (Å²) in [5, 5.41) is 6.17. The number of benzene rings is 2. The van der Waals surface area contributed by atoms with E-state index in [1.165, 1.54) is 36.4 Å². The summed E-state index contributed by atoms with van der Waals surface area (Å²) in [6.45, 7) is 4.74. The van der Waals surface area contributed by atoms with Gasteiger partial charge in [-0.2, -0.15) is 0 Å². The number of aromatic amines is 1. The van der Waals surface area contributed by atoms with Crippen molar-refractivity contribution >= 4 is 35.2 Å². The van der Waals surface area contributed by atoms with Crippen molar-refractivity contribution in [3.63, 3.8) is 0 Å². The number of hydrogen-bond acceptors (Lipinski definition) is 6. The molecule has 2 amide bonds. The number of pyridine rings is 1. The lowest BCUT2D eigenvalue weighted by molar-refractivity contribution is 0.0523. The van der Waals surface area contributed by atoms with Gasteiger partial charge in [-0.3, -0.25) is 14.4 Å². The van der Waals surface area contributed by atoms with Crippen LogP contribution in [0.3, 0.4) is 0 Å². The number of hydrogen-bond donors (Lipinski definition) is 3. The van der Waals surface area contributed by atoms with E-state index in [9.17, 15) is 18.8 Å². The molecule has 0 saturated carbocycles. The lowest BCUT2D eigenvalue weighted by Gasteiger charge is -2.29. The van der Waals surface area contributed by atoms with Gasteiger partial charge in [0.2, 0.25) is 0 Å². The van der Waals surface area contributed by atoms with Crippen molar-refractivity contribution in [1.29, 1.82) is 0 Å². The smallest absolute Gasteiger partial charge is 0.262 e. The highest BCUT2D eigenvalue weighted by Gasteiger charge is 2.19. The van der Waals surface area contributed by atoms with Gasteiger partial charge < -0.3 is 25.3 Å². The fourth-order valence-electron chi connectivity index (χ4n) is 4.51. The van der Waals surface area contributed by atoms with Gasteiger partial charge in [-0.15, -0.1) is 0 Å². The second-order valence-electron chi connectivity index (χ2n) is 9.50. The maximum absolute atomic E-state index is 13.4. The van der Waals surface area contributed by atoms with Crippen LogP contribution in [-0.2, 0) is 11.3 Å². The minimum atomic E-state index is -0.681. The molecule has 1 fully saturated rings. The largest absolute Gasteiger partial charge is 0.378 e. The first kappa shape index (κ1) is 27.3. The Balaban J connectivity index is 1.35. The number of carbonyl (C=O) groups is 2. The highest BCUT2D eigenvalue weighted by atomic mass is 35.5. The zero-order valence-corrected chi connectivity index (χ0v) is 22.5. The van der Waals surface area contributed by atoms with Crippen LogP contribution < -0.4 is 26.9 Å². The highest BCUT2D eigenvalue weighted by molar-refractivity contribution is 6.34. The number of nitrogens with one attached hydrogen (secondary N) is 3. The summed E-state index contributed by atoms with van der Waals surface area (Å²) in [4.78, 5) is 48.4. The van der Waals surface area contributed by atoms with E-state index in [1.54, 1.807) is 12.1 Å². The number of allylic oxidation sites excluding steroid dienone is 1. The molecule has 9 nitrogen and oxygen atoms in total. The number of amides is 2. The molecule has 2 aliphatic rings. The maximum atomic E-state index is 13.4. The highest BCUT2D eigenvalue weighted by Crippen LogP contribution is 2.24. The molecule has 3 aromatic rings. The summed E-state index contributed by atoms with van der Waals surface area (Å²) >= 11 is 6.29. The Hall–Kier alpha value is -4.28. The SMILES string of the molecule is CC1=C(N2CCOCC2)N=c2[nH]c(=O)c(C(=O)Nc3cc(C(=O)NCc4cccc(F)c4)ccc3Cl)cc2=CC1. The predicted octanol–water partition coefficient (Wildman–Crippen LogP) is 2.72. The summed E-state index contributed by atoms with van der Waals surface area (Å²) in [7, 11) is 0. The number of ether oxygens (including phenoxy) is 1. The fourth-order valence-corrected chi connectivity index (χ4v) is 4.67. The molecule has 3 N–H and O–H groups in total. The average Bonchev–Trinajstić information content (AvgIpc) is 3.11. The molecule has 2 aromatic carbocycles. The van der Waals surface area contributed by atoms with Gasteiger partial charge in [0.25, 0.3) is 17.4 Å². The van der Waals surface area contributed by atoms with Crippen molar-refractivity contribution in [3.05, 3.63) is 109 Å². The van der Waals surface area contributed by atoms with Crippen LogP contribution in [0.5, 0.6) is 0 Å². The maximum Gasteiger partial charge on any atom is 0.262 e. The standard InChI is InChI=1S/C29H27ClFN5O4/c1-17-5-6-19-14-22(29(39)35-25(19)34-26(17)36-9-11-40-12-10-36)28(38)33-24-15-20(7-8-23(24)30)27(37)32-16-18-3-2-4-21(31)13-18/h2-4,6-8,13-15H,5,9-12,16H2,1H3,(H,32,37)(H,33,38)(H,34,35,39). The van der Waals surface area contributed by atoms with E-state index >= 15 is 0 Å². The second-order valence-corrected chi connectivity index (χ2v) is 9.91. The molecule has 0 radical (unpaired) electrons. The van der Waals surface area contributed by atoms with E-state index in [0.29, 0.717) is 49.0 Å². The molecule has 3 heterocycles. The van der Waals surface area contributed by atoms with Crippen LogP contribution in [0.4, 0.5) is 10.1 Å². The molecule has 0 aliphatic carbocycles. The minimum Gasteiger partial charge on any atom is -0.378 e. The van der Waals surface area contributed by atoms with E-state index in [1.807, 2.05) is 13.0 Å². The molecule has 0 spiro atoms. The Morgan fingerprint density at radius 1 is 1.12 bits per heavy atom. The molecule has 40 heavy (non-hydrogen) atoms. The predicted molar refractivity (Wildman–Crippen MR) is 149 cm³/mol. The van der Waals surface area contributed by atoms with Gasteiger partial charge in [0.05, 0.1) is 23.9 Å². The van der Waals surface area contributed by atoms with Crippen LogP contribution in [0.2, 0.25) is 5.02 Å². The number of H-pyrrole nitrogens is 1. The minimum absolute atomic E-state index is 0.116. The Kier molecular flexibility index (Phi) is 8.09. The van der Waals surface area contributed by atoms with E-state index in [2.05, 4.69) is 20.5 Å². The van der Waals surface area contributed by atoms with Gasteiger partial charge in [0.1, 0.15) is 22.7 Å². The molecule has 11 heteroatoms. The summed E-state index contributed by atoms with van der Waals surface area (Å²) in [5.74, 6) is -0.717. The van der Waals surface area contributed by atoms with Crippen LogP contribution >= 0.6 is 11.6 Å². The number of fused-ring (bicyclic) bond motifs is 1. The quantitative estimate of drug-likeness (QED) is 0.426. The summed E-state index contributed by atoms with van der Waals surface area (Å²) < 4.78 is 18.9. The first-order valence-electron chi connectivity index (χ1n) is 12.8. The summed E-state index contributed by atoms with van der Waals surface area (Å²) in [5.41, 5.74) is 1.71. The topological polar surface area (TPSA) is 116 Å². The van der Waals surface area contributed by atoms with Crippen molar-refractivity contribution in [2.45, 2.75) is 19.9 Å². The molecule has 0 unspecified atom stereocenters. The molecule has 1 aromatic heterocycles. The van der Waals surface area contributed by atoms with Crippen LogP contribution in [0.1, 0.15) is 39.6 Å². The van der Waals surface area contributed by atoms with E-state index in [-0.39, 0.29) is 28.4 Å². The zero-order chi connectivity index (χ0) is 28.2. The Bertz CT molecular complexity index is 1700. The Morgan fingerprint density at radius 2 is 1.93 bits per heavy atom. The van der Waals surface area contributed by atoms with Crippen molar-refractivity contribution in [1.82, 2.24) is 15.2 Å². The first-order valence-corrected chi connectivity index (χ1v) is 13.1. The third-order valence-electron chi connectivity index (χ3n) is 6.65. The Morgan fingerprint density at radius 3 is 2.70 bits per heavy atom. The molecular weight excluding hydrogens is 537 g/mol. The third-order valence-corrected chi connectivity index (χ3v) is 6.98. The lowest BCUT2D eigenvalue weighted by atomic mass is 10.1. The van der Waals surface area contributed by atoms with Crippen LogP contribution in [0.15, 0.2) is 69.7 Å². The number of anilines is 1. The van der Waals surface area contributed by atoms with Crippen molar-refractivity contribution in [2.75, 3.05) is 31.6 Å². The van der Waals surface area contributed by atoms with E-state index < -0.39 is 23.2 Å². The number of aromatic nitrogens is 1. The lowest BCUT2D eigenvalue weighted by Crippen LogP contribution is -2.40. The number of carbonyl (C=O) groups excluding carboxylic acids is 2. The fraction of sp³-hybridized carbons (Fsp3) is 0.241. The normalized spacial score (nSPS) is 14.9. The third kappa shape index (κ3) is 6.13. The van der Waals surface area contributed by atoms with Gasteiger partial charge in [-0.1, -0.05) is 29.8 Å². The number of rotatable bonds is 6. The summed E-state index contributed by atoms with van der Waals surface area (Å²) in [6, 6.07) is 11.8. The van der Waals surface area contributed by atoms with Crippen molar-refractivity contribution in [2.24, 2.45) is 4.99 Å². The van der Waals surface area contributed by atoms with Gasteiger partial charge in [-0.25, -0.2) is 9.38 Å². The first-order chi connectivity index (χ1) is 19.3. The van der Waals surface area contributed by atoms with Crippen LogP contribution in [0.25, 0.3) is 6.08 Å². The van der Waals surface area contributed by atoms with E-state index in [4.69, 9.17) is 21.3 Å². The second kappa shape index (κ2) is 11.8. The molecule has 0 bridgehead atoms. The van der Waals surface area contributed by atoms with Gasteiger partial charge in [-0.05, 0) is 60.9 Å². The van der Waals surface area contributed by atoms with Gasteiger partial charge >= 0.3 is 0 Å². The number of halogens is 2. The molecule has 206 valence electrons. The van der Waals surface area contributed by atoms with Crippen LogP contribution in [0, 0.1) is 5.82 Å². The number of nitrogens with zero attached hydrogens (tertiary/aromatic N) is 2. The Labute approximate surface area is 234 Å². The molecule has 2 aliphatic heterocycles. The van der Waals surface area contributed by atoms with Crippen molar-refractivity contribution < 1.29 is 18.7 Å². The monoisotopic (exact) mass is 563 g/mol. The summed E-state index contributed by atoms with van der Waals surface area (Å²) in [6.07, 6.45) is 2.53.